The number of anilines is 1. The van der Waals surface area contributed by atoms with Gasteiger partial charge in [-0.2, -0.15) is 0 Å². The number of carbonyl (C=O) groups excluding carboxylic acids is 2. The van der Waals surface area contributed by atoms with Crippen LogP contribution in [0.15, 0.2) is 83.8 Å². The Bertz CT molecular complexity index is 1210. The Morgan fingerprint density at radius 2 is 1.58 bits per heavy atom. The number of benzene rings is 3. The van der Waals surface area contributed by atoms with E-state index in [0.29, 0.717) is 11.4 Å². The van der Waals surface area contributed by atoms with Crippen LogP contribution in [0.4, 0.5) is 5.69 Å². The molecule has 8 nitrogen and oxygen atoms in total. The van der Waals surface area contributed by atoms with Gasteiger partial charge >= 0.3 is 11.9 Å². The summed E-state index contributed by atoms with van der Waals surface area (Å²) in [6.45, 7) is -0.495. The first kappa shape index (κ1) is 23.8. The zero-order chi connectivity index (χ0) is 23.8. The second-order valence-corrected chi connectivity index (χ2v) is 8.74. The van der Waals surface area contributed by atoms with E-state index in [1.165, 1.54) is 42.8 Å². The molecule has 0 amide bonds. The first-order valence-electron chi connectivity index (χ1n) is 9.90. The fourth-order valence-electron chi connectivity index (χ4n) is 2.99. The summed E-state index contributed by atoms with van der Waals surface area (Å²) < 4.78 is 43.0. The van der Waals surface area contributed by atoms with Crippen LogP contribution in [0.1, 0.15) is 15.9 Å². The molecule has 172 valence electrons. The first-order valence-corrected chi connectivity index (χ1v) is 11.3. The predicted octanol–water partition coefficient (Wildman–Crippen LogP) is 3.42. The molecule has 0 unspecified atom stereocenters. The maximum Gasteiger partial charge on any atom is 0.344 e. The number of methoxy groups -OCH3 is 2. The van der Waals surface area contributed by atoms with Crippen LogP contribution in [0.5, 0.6) is 5.75 Å². The van der Waals surface area contributed by atoms with Crippen molar-refractivity contribution >= 4 is 27.6 Å². The Balaban J connectivity index is 1.97. The third-order valence-electron chi connectivity index (χ3n) is 4.74. The standard InChI is InChI=1S/C24H23NO7S/c1-30-21-13-11-20(12-14-21)25(16-18-7-4-3-5-8-18)33(28,29)22-10-6-9-19(15-22)24(27)32-17-23(26)31-2/h3-15H,16-17H2,1-2H3. The van der Waals surface area contributed by atoms with Crippen LogP contribution in [-0.4, -0.2) is 41.2 Å². The quantitative estimate of drug-likeness (QED) is 0.443. The van der Waals surface area contributed by atoms with E-state index >= 15 is 0 Å². The molecule has 0 radical (unpaired) electrons. The molecule has 0 heterocycles. The van der Waals surface area contributed by atoms with Crippen molar-refractivity contribution in [2.45, 2.75) is 11.4 Å². The van der Waals surface area contributed by atoms with Gasteiger partial charge in [-0.25, -0.2) is 18.0 Å². The Labute approximate surface area is 192 Å². The van der Waals surface area contributed by atoms with Crippen LogP contribution < -0.4 is 9.04 Å². The lowest BCUT2D eigenvalue weighted by Gasteiger charge is -2.25. The molecule has 33 heavy (non-hydrogen) atoms. The molecule has 0 aliphatic carbocycles. The Morgan fingerprint density at radius 1 is 0.879 bits per heavy atom. The molecular formula is C24H23NO7S. The van der Waals surface area contributed by atoms with E-state index in [-0.39, 0.29) is 17.0 Å². The van der Waals surface area contributed by atoms with E-state index in [4.69, 9.17) is 9.47 Å². The molecular weight excluding hydrogens is 446 g/mol. The minimum Gasteiger partial charge on any atom is -0.497 e. The summed E-state index contributed by atoms with van der Waals surface area (Å²) in [6.07, 6.45) is 0. The maximum absolute atomic E-state index is 13.6. The summed E-state index contributed by atoms with van der Waals surface area (Å²) >= 11 is 0. The minimum absolute atomic E-state index is 0.00521. The van der Waals surface area contributed by atoms with Crippen LogP contribution in [0.2, 0.25) is 0 Å². The van der Waals surface area contributed by atoms with Gasteiger partial charge in [0.2, 0.25) is 0 Å². The summed E-state index contributed by atoms with van der Waals surface area (Å²) in [6, 6.07) is 21.2. The molecule has 9 heteroatoms. The van der Waals surface area contributed by atoms with Crippen LogP contribution in [0, 0.1) is 0 Å². The van der Waals surface area contributed by atoms with Gasteiger partial charge in [0.1, 0.15) is 5.75 Å². The number of rotatable bonds is 9. The SMILES string of the molecule is COC(=O)COC(=O)c1cccc(S(=O)(=O)N(Cc2ccccc2)c2ccc(OC)cc2)c1. The summed E-state index contributed by atoms with van der Waals surface area (Å²) in [5.41, 5.74) is 1.21. The van der Waals surface area contributed by atoms with Gasteiger partial charge in [0, 0.05) is 0 Å². The Kier molecular flexibility index (Phi) is 7.68. The molecule has 3 aromatic rings. The number of carbonyl (C=O) groups is 2. The first-order chi connectivity index (χ1) is 15.8. The smallest absolute Gasteiger partial charge is 0.344 e. The third kappa shape index (κ3) is 5.89. The molecule has 0 saturated carbocycles. The Hall–Kier alpha value is -3.85. The van der Waals surface area contributed by atoms with Gasteiger partial charge in [-0.3, -0.25) is 4.31 Å². The van der Waals surface area contributed by atoms with E-state index in [1.54, 1.807) is 24.3 Å². The molecule has 0 fully saturated rings. The van der Waals surface area contributed by atoms with Gasteiger partial charge in [0.15, 0.2) is 6.61 Å². The summed E-state index contributed by atoms with van der Waals surface area (Å²) in [5, 5.41) is 0. The fourth-order valence-corrected chi connectivity index (χ4v) is 4.49. The monoisotopic (exact) mass is 469 g/mol. The van der Waals surface area contributed by atoms with Crippen molar-refractivity contribution in [1.29, 1.82) is 0 Å². The number of hydrogen-bond acceptors (Lipinski definition) is 7. The average molecular weight is 470 g/mol. The van der Waals surface area contributed by atoms with Gasteiger partial charge in [0.05, 0.1) is 36.9 Å². The maximum atomic E-state index is 13.6. The van der Waals surface area contributed by atoms with Crippen molar-refractivity contribution in [1.82, 2.24) is 0 Å². The molecule has 0 saturated heterocycles. The van der Waals surface area contributed by atoms with Crippen molar-refractivity contribution in [3.63, 3.8) is 0 Å². The predicted molar refractivity (Wildman–Crippen MR) is 122 cm³/mol. The van der Waals surface area contributed by atoms with Crippen LogP contribution in [0.25, 0.3) is 0 Å². The number of ether oxygens (including phenoxy) is 3. The molecule has 3 aromatic carbocycles. The van der Waals surface area contributed by atoms with E-state index in [1.807, 2.05) is 30.3 Å². The molecule has 0 N–H and O–H groups in total. The summed E-state index contributed by atoms with van der Waals surface area (Å²) in [7, 11) is -1.37. The zero-order valence-corrected chi connectivity index (χ0v) is 18.9. The van der Waals surface area contributed by atoms with Crippen molar-refractivity contribution in [3.05, 3.63) is 90.0 Å². The summed E-state index contributed by atoms with van der Waals surface area (Å²) in [5.74, 6) is -0.969. The highest BCUT2D eigenvalue weighted by molar-refractivity contribution is 7.92. The molecule has 0 aliphatic heterocycles. The van der Waals surface area contributed by atoms with Crippen molar-refractivity contribution in [2.24, 2.45) is 0 Å². The van der Waals surface area contributed by atoms with Gasteiger partial charge in [-0.1, -0.05) is 36.4 Å². The fraction of sp³-hybridized carbons (Fsp3) is 0.167. The number of nitrogens with zero attached hydrogens (tertiary/aromatic N) is 1. The largest absolute Gasteiger partial charge is 0.497 e. The Morgan fingerprint density at radius 3 is 2.21 bits per heavy atom. The van der Waals surface area contributed by atoms with Gasteiger partial charge < -0.3 is 14.2 Å². The summed E-state index contributed by atoms with van der Waals surface area (Å²) in [4.78, 5) is 23.4. The molecule has 0 spiro atoms. The lowest BCUT2D eigenvalue weighted by molar-refractivity contribution is -0.144. The van der Waals surface area contributed by atoms with Gasteiger partial charge in [0.25, 0.3) is 10.0 Å². The molecule has 0 aromatic heterocycles. The van der Waals surface area contributed by atoms with Crippen LogP contribution in [-0.2, 0) is 30.8 Å². The second kappa shape index (κ2) is 10.6. The lowest BCUT2D eigenvalue weighted by Crippen LogP contribution is -2.30. The van der Waals surface area contributed by atoms with Crippen molar-refractivity contribution in [3.8, 4) is 5.75 Å². The topological polar surface area (TPSA) is 99.2 Å². The van der Waals surface area contributed by atoms with Crippen molar-refractivity contribution < 1.29 is 32.2 Å². The number of sulfonamides is 1. The zero-order valence-electron chi connectivity index (χ0n) is 18.1. The molecule has 3 rings (SSSR count). The number of hydrogen-bond donors (Lipinski definition) is 0. The van der Waals surface area contributed by atoms with E-state index in [2.05, 4.69) is 4.74 Å². The third-order valence-corrected chi connectivity index (χ3v) is 6.51. The van der Waals surface area contributed by atoms with Gasteiger partial charge in [-0.15, -0.1) is 0 Å². The average Bonchev–Trinajstić information content (AvgIpc) is 2.86. The lowest BCUT2D eigenvalue weighted by atomic mass is 10.2. The number of esters is 2. The van der Waals surface area contributed by atoms with E-state index < -0.39 is 28.6 Å². The van der Waals surface area contributed by atoms with Crippen LogP contribution >= 0.6 is 0 Å². The minimum atomic E-state index is -4.07. The second-order valence-electron chi connectivity index (χ2n) is 6.88. The van der Waals surface area contributed by atoms with Gasteiger partial charge in [-0.05, 0) is 48.0 Å². The highest BCUT2D eigenvalue weighted by Crippen LogP contribution is 2.28. The normalized spacial score (nSPS) is 10.8. The van der Waals surface area contributed by atoms with Crippen molar-refractivity contribution in [2.75, 3.05) is 25.1 Å². The molecule has 0 atom stereocenters. The van der Waals surface area contributed by atoms with Crippen LogP contribution in [0.3, 0.4) is 0 Å². The van der Waals surface area contributed by atoms with E-state index in [0.717, 1.165) is 5.56 Å². The van der Waals surface area contributed by atoms with E-state index in [9.17, 15) is 18.0 Å². The molecule has 0 bridgehead atoms. The highest BCUT2D eigenvalue weighted by Gasteiger charge is 2.26. The highest BCUT2D eigenvalue weighted by atomic mass is 32.2. The molecule has 0 aliphatic rings.